The van der Waals surface area contributed by atoms with E-state index in [0.29, 0.717) is 17.6 Å². The summed E-state index contributed by atoms with van der Waals surface area (Å²) in [5, 5.41) is 18.5. The molecule has 0 aromatic rings. The van der Waals surface area contributed by atoms with Crippen LogP contribution < -0.4 is 59.1 Å². The molecule has 8 heteroatoms. The molecular weight excluding hydrogens is 354 g/mol. The number of amidine groups is 1. The van der Waals surface area contributed by atoms with Gasteiger partial charge in [0.2, 0.25) is 0 Å². The smallest absolute Gasteiger partial charge is 0.870 e. The van der Waals surface area contributed by atoms with Crippen LogP contribution >= 0.6 is 0 Å². The van der Waals surface area contributed by atoms with Crippen molar-refractivity contribution in [3.63, 3.8) is 0 Å². The first-order valence-electron chi connectivity index (χ1n) is 9.37. The molecule has 1 aliphatic heterocycles. The van der Waals surface area contributed by atoms with Crippen LogP contribution in [0, 0.1) is 0 Å². The first-order chi connectivity index (χ1) is 11.1. The van der Waals surface area contributed by atoms with Crippen LogP contribution in [0.2, 0.25) is 0 Å². The fraction of sp³-hybridized carbons (Fsp3) is 0.889. The van der Waals surface area contributed by atoms with E-state index in [0.717, 1.165) is 25.2 Å². The maximum absolute atomic E-state index is 11.2. The number of unbranched alkanes of at least 4 members (excludes halogenated alkanes) is 8. The van der Waals surface area contributed by atoms with Crippen molar-refractivity contribution in [2.24, 2.45) is 4.99 Å². The third-order valence-corrected chi connectivity index (χ3v) is 4.84. The van der Waals surface area contributed by atoms with Crippen LogP contribution in [0.15, 0.2) is 4.99 Å². The number of nitrogens with zero attached hydrogens (tertiary/aromatic N) is 2. The van der Waals surface area contributed by atoms with Crippen molar-refractivity contribution in [2.45, 2.75) is 71.1 Å². The zero-order valence-corrected chi connectivity index (χ0v) is 21.3. The molecule has 0 aromatic carbocycles. The van der Waals surface area contributed by atoms with Crippen molar-refractivity contribution in [3.8, 4) is 0 Å². The predicted molar refractivity (Wildman–Crippen MR) is 95.7 cm³/mol. The zero-order valence-electron chi connectivity index (χ0n) is 17.3. The summed E-state index contributed by atoms with van der Waals surface area (Å²) in [6, 6.07) is 0. The van der Waals surface area contributed by atoms with Gasteiger partial charge in [0.1, 0.15) is 13.1 Å². The van der Waals surface area contributed by atoms with Gasteiger partial charge in [-0.3, -0.25) is 4.48 Å². The Hall–Kier alpha value is 1.02. The molecule has 6 nitrogen and oxygen atoms in total. The molecule has 1 unspecified atom stereocenters. The fourth-order valence-corrected chi connectivity index (χ4v) is 3.50. The topological polar surface area (TPSA) is 99.9 Å². The summed E-state index contributed by atoms with van der Waals surface area (Å²) >= 11 is 0. The Kier molecular flexibility index (Phi) is 23.6. The van der Waals surface area contributed by atoms with E-state index in [4.69, 9.17) is 5.11 Å². The van der Waals surface area contributed by atoms with E-state index in [1.165, 1.54) is 51.4 Å². The standard InChI is InChI=1S/C18H34N2O3.2Na.H2O/c1-2-3-4-5-6-7-8-9-10-11-17-19-12-13-20(17,14-15-21)16-18(22)23;;;/h21H,2-16H2,1H3;;;1H2/q;2*+1;. The average molecular weight is 390 g/mol. The van der Waals surface area contributed by atoms with Gasteiger partial charge in [0.15, 0.2) is 12.4 Å². The van der Waals surface area contributed by atoms with Crippen LogP contribution in [0.3, 0.4) is 0 Å². The zero-order chi connectivity index (χ0) is 17.0. The van der Waals surface area contributed by atoms with E-state index in [1.807, 2.05) is 0 Å². The number of aliphatic carboxylic acids is 1. The van der Waals surface area contributed by atoms with Gasteiger partial charge in [-0.15, -0.1) is 0 Å². The molecule has 3 N–H and O–H groups in total. The summed E-state index contributed by atoms with van der Waals surface area (Å²) in [7, 11) is 0. The molecule has 1 atom stereocenters. The molecule has 0 spiro atoms. The van der Waals surface area contributed by atoms with Crippen molar-refractivity contribution >= 4 is 11.8 Å². The largest absolute Gasteiger partial charge is 1.00 e. The quantitative estimate of drug-likeness (QED) is 0.188. The maximum atomic E-state index is 11.2. The normalized spacial score (nSPS) is 18.3. The molecule has 0 fully saturated rings. The molecule has 26 heavy (non-hydrogen) atoms. The number of aliphatic hydroxyl groups excluding tert-OH is 1. The Bertz CT molecular complexity index is 384. The van der Waals surface area contributed by atoms with Gasteiger partial charge < -0.3 is 15.7 Å². The molecule has 142 valence electrons. The summed E-state index contributed by atoms with van der Waals surface area (Å²) in [5.74, 6) is 0.185. The number of rotatable bonds is 14. The summed E-state index contributed by atoms with van der Waals surface area (Å²) in [4.78, 5) is 15.7. The van der Waals surface area contributed by atoms with Crippen LogP contribution in [0.1, 0.15) is 71.1 Å². The minimum atomic E-state index is -0.805. The maximum Gasteiger partial charge on any atom is 1.00 e. The molecule has 0 bridgehead atoms. The van der Waals surface area contributed by atoms with Crippen molar-refractivity contribution in [3.05, 3.63) is 0 Å². The molecule has 0 aliphatic carbocycles. The number of aliphatic imine (C=N–C) groups is 1. The Labute approximate surface area is 203 Å². The van der Waals surface area contributed by atoms with E-state index in [2.05, 4.69) is 11.9 Å². The van der Waals surface area contributed by atoms with Gasteiger partial charge in [-0.25, -0.2) is 9.79 Å². The predicted octanol–water partition coefficient (Wildman–Crippen LogP) is -2.96. The number of hydrogen-bond acceptors (Lipinski definition) is 4. The summed E-state index contributed by atoms with van der Waals surface area (Å²) < 4.78 is 0.364. The molecular formula is C18H36N2Na2O4+2. The van der Waals surface area contributed by atoms with Crippen LogP contribution in [0.5, 0.6) is 0 Å². The molecule has 0 saturated carbocycles. The number of aliphatic hydroxyl groups is 1. The van der Waals surface area contributed by atoms with Crippen molar-refractivity contribution in [1.82, 2.24) is 0 Å². The number of carboxylic acid groups (broad SMARTS) is 1. The molecule has 1 aliphatic rings. The number of hydrogen-bond donors (Lipinski definition) is 2. The van der Waals surface area contributed by atoms with Gasteiger partial charge in [0.25, 0.3) is 0 Å². The van der Waals surface area contributed by atoms with Gasteiger partial charge in [0.05, 0.1) is 13.2 Å². The second kappa shape index (κ2) is 19.3. The Morgan fingerprint density at radius 2 is 1.58 bits per heavy atom. The fourth-order valence-electron chi connectivity index (χ4n) is 3.50. The Morgan fingerprint density at radius 3 is 2.08 bits per heavy atom. The molecule has 0 saturated heterocycles. The van der Waals surface area contributed by atoms with Gasteiger partial charge >= 0.3 is 65.1 Å². The van der Waals surface area contributed by atoms with E-state index in [1.54, 1.807) is 0 Å². The minimum absolute atomic E-state index is 0. The van der Waals surface area contributed by atoms with Crippen molar-refractivity contribution in [2.75, 3.05) is 32.8 Å². The summed E-state index contributed by atoms with van der Waals surface area (Å²) in [6.45, 7) is 4.20. The number of carboxylic acids is 1. The molecule has 1 rings (SSSR count). The van der Waals surface area contributed by atoms with Gasteiger partial charge in [-0.1, -0.05) is 58.3 Å². The second-order valence-corrected chi connectivity index (χ2v) is 6.74. The van der Waals surface area contributed by atoms with Crippen LogP contribution in [-0.2, 0) is 4.79 Å². The molecule has 0 amide bonds. The summed E-state index contributed by atoms with van der Waals surface area (Å²) in [6.07, 6.45) is 12.4. The monoisotopic (exact) mass is 390 g/mol. The number of carbonyl (C=O) groups is 1. The van der Waals surface area contributed by atoms with Gasteiger partial charge in [-0.05, 0) is 6.42 Å². The van der Waals surface area contributed by atoms with Crippen LogP contribution in [-0.4, -0.2) is 64.8 Å². The first-order valence-corrected chi connectivity index (χ1v) is 9.37. The van der Waals surface area contributed by atoms with Gasteiger partial charge in [0, 0.05) is 6.42 Å². The third kappa shape index (κ3) is 12.5. The summed E-state index contributed by atoms with van der Waals surface area (Å²) in [5.41, 5.74) is 0. The molecule has 1 heterocycles. The van der Waals surface area contributed by atoms with Crippen molar-refractivity contribution < 1.29 is 84.1 Å². The minimum Gasteiger partial charge on any atom is -0.870 e. The third-order valence-electron chi connectivity index (χ3n) is 4.84. The Morgan fingerprint density at radius 1 is 1.04 bits per heavy atom. The van der Waals surface area contributed by atoms with Crippen LogP contribution in [0.4, 0.5) is 0 Å². The van der Waals surface area contributed by atoms with E-state index in [-0.39, 0.29) is 77.7 Å². The van der Waals surface area contributed by atoms with Crippen molar-refractivity contribution in [1.29, 1.82) is 0 Å². The van der Waals surface area contributed by atoms with E-state index in [9.17, 15) is 9.90 Å². The average Bonchev–Trinajstić information content (AvgIpc) is 2.87. The second-order valence-electron chi connectivity index (χ2n) is 6.74. The Balaban J connectivity index is -0.00000176. The van der Waals surface area contributed by atoms with E-state index < -0.39 is 5.97 Å². The molecule has 0 radical (unpaired) electrons. The number of quaternary nitrogens is 1. The van der Waals surface area contributed by atoms with Gasteiger partial charge in [-0.2, -0.15) is 0 Å². The van der Waals surface area contributed by atoms with Crippen LogP contribution in [0.25, 0.3) is 0 Å². The SMILES string of the molecule is CCCCCCCCCCCC1=NCC[N+]1(CCO)CC(=O)O.[Na+].[Na+].[OH-]. The molecule has 0 aromatic heterocycles. The first kappa shape index (κ1) is 31.7. The van der Waals surface area contributed by atoms with E-state index >= 15 is 0 Å².